The van der Waals surface area contributed by atoms with E-state index in [9.17, 15) is 0 Å². The van der Waals surface area contributed by atoms with Crippen LogP contribution in [-0.2, 0) is 6.54 Å². The second-order valence-electron chi connectivity index (χ2n) is 3.98. The molecule has 14 heavy (non-hydrogen) atoms. The highest BCUT2D eigenvalue weighted by Gasteiger charge is 2.19. The zero-order chi connectivity index (χ0) is 9.80. The quantitative estimate of drug-likeness (QED) is 0.793. The van der Waals surface area contributed by atoms with E-state index in [2.05, 4.69) is 28.0 Å². The molecule has 0 spiro atoms. The fourth-order valence-corrected chi connectivity index (χ4v) is 2.05. The molecule has 0 aliphatic carbocycles. The normalized spacial score (nSPS) is 21.6. The highest BCUT2D eigenvalue weighted by molar-refractivity contribution is 5.01. The summed E-state index contributed by atoms with van der Waals surface area (Å²) in [5.74, 6) is 1.23. The van der Waals surface area contributed by atoms with Gasteiger partial charge in [-0.05, 0) is 25.8 Å². The van der Waals surface area contributed by atoms with Gasteiger partial charge in [-0.1, -0.05) is 13.3 Å². The Bertz CT molecular complexity index is 274. The van der Waals surface area contributed by atoms with Gasteiger partial charge in [-0.3, -0.25) is 0 Å². The van der Waals surface area contributed by atoms with Crippen LogP contribution < -0.4 is 5.32 Å². The predicted molar refractivity (Wildman–Crippen MR) is 57.1 cm³/mol. The first kappa shape index (κ1) is 9.71. The van der Waals surface area contributed by atoms with E-state index in [0.29, 0.717) is 6.04 Å². The molecule has 1 atom stereocenters. The highest BCUT2D eigenvalue weighted by atomic mass is 15.1. The van der Waals surface area contributed by atoms with Crippen LogP contribution in [0.15, 0.2) is 12.4 Å². The molecule has 0 saturated carbocycles. The maximum absolute atomic E-state index is 4.45. The Morgan fingerprint density at radius 1 is 1.64 bits per heavy atom. The zero-order valence-electron chi connectivity index (χ0n) is 8.87. The van der Waals surface area contributed by atoms with Crippen molar-refractivity contribution in [2.75, 3.05) is 6.54 Å². The number of nitrogens with one attached hydrogen (secondary N) is 1. The second kappa shape index (κ2) is 4.60. The van der Waals surface area contributed by atoms with E-state index in [1.54, 1.807) is 0 Å². The van der Waals surface area contributed by atoms with E-state index < -0.39 is 0 Å². The average molecular weight is 193 g/mol. The Labute approximate surface area is 85.5 Å². The van der Waals surface area contributed by atoms with Gasteiger partial charge >= 0.3 is 0 Å². The molecule has 2 rings (SSSR count). The summed E-state index contributed by atoms with van der Waals surface area (Å²) >= 11 is 0. The van der Waals surface area contributed by atoms with Gasteiger partial charge in [0.15, 0.2) is 0 Å². The molecule has 0 amide bonds. The van der Waals surface area contributed by atoms with Crippen molar-refractivity contribution in [3.63, 3.8) is 0 Å². The van der Waals surface area contributed by atoms with Crippen LogP contribution in [0.2, 0.25) is 0 Å². The minimum Gasteiger partial charge on any atom is -0.334 e. The lowest BCUT2D eigenvalue weighted by molar-refractivity contribution is 0.530. The molecule has 1 aromatic heterocycles. The van der Waals surface area contributed by atoms with Crippen molar-refractivity contribution in [2.45, 2.75) is 45.2 Å². The van der Waals surface area contributed by atoms with Crippen molar-refractivity contribution in [1.29, 1.82) is 0 Å². The van der Waals surface area contributed by atoms with Gasteiger partial charge in [-0.25, -0.2) is 4.98 Å². The monoisotopic (exact) mass is 193 g/mol. The molecule has 0 bridgehead atoms. The van der Waals surface area contributed by atoms with E-state index in [4.69, 9.17) is 0 Å². The van der Waals surface area contributed by atoms with Crippen molar-refractivity contribution >= 4 is 0 Å². The number of aryl methyl sites for hydroxylation is 1. The Morgan fingerprint density at radius 3 is 3.29 bits per heavy atom. The van der Waals surface area contributed by atoms with Crippen molar-refractivity contribution in [3.8, 4) is 0 Å². The second-order valence-corrected chi connectivity index (χ2v) is 3.98. The van der Waals surface area contributed by atoms with E-state index in [0.717, 1.165) is 13.1 Å². The fraction of sp³-hybridized carbons (Fsp3) is 0.727. The minimum atomic E-state index is 0.502. The van der Waals surface area contributed by atoms with E-state index in [1.165, 1.54) is 31.5 Å². The van der Waals surface area contributed by atoms with Gasteiger partial charge in [0.05, 0.1) is 6.04 Å². The van der Waals surface area contributed by atoms with Crippen LogP contribution in [0.3, 0.4) is 0 Å². The summed E-state index contributed by atoms with van der Waals surface area (Å²) < 4.78 is 2.30. The fourth-order valence-electron chi connectivity index (χ4n) is 2.05. The largest absolute Gasteiger partial charge is 0.334 e. The summed E-state index contributed by atoms with van der Waals surface area (Å²) in [5.41, 5.74) is 0. The lowest BCUT2D eigenvalue weighted by Gasteiger charge is -2.12. The molecular formula is C11H19N3. The number of unbranched alkanes of at least 4 members (excludes halogenated alkanes) is 1. The number of nitrogens with zero attached hydrogens (tertiary/aromatic N) is 2. The molecule has 1 aliphatic rings. The Balaban J connectivity index is 2.04. The van der Waals surface area contributed by atoms with Crippen LogP contribution in [0.25, 0.3) is 0 Å². The molecule has 2 heterocycles. The number of rotatable bonds is 4. The van der Waals surface area contributed by atoms with Crippen LogP contribution in [0.1, 0.15) is 44.5 Å². The molecular weight excluding hydrogens is 174 g/mol. The van der Waals surface area contributed by atoms with Crippen LogP contribution >= 0.6 is 0 Å². The van der Waals surface area contributed by atoms with Crippen LogP contribution in [0.4, 0.5) is 0 Å². The van der Waals surface area contributed by atoms with Crippen molar-refractivity contribution in [2.24, 2.45) is 0 Å². The van der Waals surface area contributed by atoms with E-state index in [1.807, 2.05) is 6.20 Å². The first-order chi connectivity index (χ1) is 6.92. The van der Waals surface area contributed by atoms with Gasteiger partial charge in [-0.15, -0.1) is 0 Å². The van der Waals surface area contributed by atoms with Gasteiger partial charge in [0, 0.05) is 18.9 Å². The summed E-state index contributed by atoms with van der Waals surface area (Å²) in [4.78, 5) is 4.45. The van der Waals surface area contributed by atoms with Crippen molar-refractivity contribution in [3.05, 3.63) is 18.2 Å². The molecule has 1 aromatic rings. The Kier molecular flexibility index (Phi) is 3.19. The van der Waals surface area contributed by atoms with Crippen molar-refractivity contribution < 1.29 is 0 Å². The molecule has 3 heteroatoms. The van der Waals surface area contributed by atoms with Crippen LogP contribution in [0.5, 0.6) is 0 Å². The molecule has 0 radical (unpaired) electrons. The molecule has 0 aromatic carbocycles. The van der Waals surface area contributed by atoms with Gasteiger partial charge in [0.1, 0.15) is 5.82 Å². The first-order valence-electron chi connectivity index (χ1n) is 5.66. The van der Waals surface area contributed by atoms with E-state index in [-0.39, 0.29) is 0 Å². The lowest BCUT2D eigenvalue weighted by Crippen LogP contribution is -2.18. The van der Waals surface area contributed by atoms with Crippen LogP contribution in [-0.4, -0.2) is 16.1 Å². The zero-order valence-corrected chi connectivity index (χ0v) is 8.87. The molecule has 3 nitrogen and oxygen atoms in total. The third kappa shape index (κ3) is 1.98. The SMILES string of the molecule is CCCCn1ccnc1C1CCCN1. The average Bonchev–Trinajstić information content (AvgIpc) is 2.84. The Hall–Kier alpha value is -0.830. The third-order valence-corrected chi connectivity index (χ3v) is 2.87. The van der Waals surface area contributed by atoms with Gasteiger partial charge in [-0.2, -0.15) is 0 Å². The lowest BCUT2D eigenvalue weighted by atomic mass is 10.2. The molecule has 1 fully saturated rings. The topological polar surface area (TPSA) is 29.9 Å². The third-order valence-electron chi connectivity index (χ3n) is 2.87. The predicted octanol–water partition coefficient (Wildman–Crippen LogP) is 2.11. The molecule has 78 valence electrons. The molecule has 1 unspecified atom stereocenters. The standard InChI is InChI=1S/C11H19N3/c1-2-3-8-14-9-7-13-11(14)10-5-4-6-12-10/h7,9-10,12H,2-6,8H2,1H3. The van der Waals surface area contributed by atoms with Gasteiger partial charge in [0.25, 0.3) is 0 Å². The number of hydrogen-bond donors (Lipinski definition) is 1. The highest BCUT2D eigenvalue weighted by Crippen LogP contribution is 2.21. The Morgan fingerprint density at radius 2 is 2.57 bits per heavy atom. The summed E-state index contributed by atoms with van der Waals surface area (Å²) in [6, 6.07) is 0.502. The summed E-state index contributed by atoms with van der Waals surface area (Å²) in [5, 5.41) is 3.49. The van der Waals surface area contributed by atoms with E-state index >= 15 is 0 Å². The minimum absolute atomic E-state index is 0.502. The summed E-state index contributed by atoms with van der Waals surface area (Å²) in [6.07, 6.45) is 9.04. The number of imidazole rings is 1. The number of aromatic nitrogens is 2. The smallest absolute Gasteiger partial charge is 0.125 e. The van der Waals surface area contributed by atoms with Gasteiger partial charge in [0.2, 0.25) is 0 Å². The maximum Gasteiger partial charge on any atom is 0.125 e. The molecule has 1 N–H and O–H groups in total. The first-order valence-corrected chi connectivity index (χ1v) is 5.66. The summed E-state index contributed by atoms with van der Waals surface area (Å²) in [6.45, 7) is 4.49. The van der Waals surface area contributed by atoms with Gasteiger partial charge < -0.3 is 9.88 Å². The maximum atomic E-state index is 4.45. The van der Waals surface area contributed by atoms with Crippen molar-refractivity contribution in [1.82, 2.24) is 14.9 Å². The molecule has 1 saturated heterocycles. The summed E-state index contributed by atoms with van der Waals surface area (Å²) in [7, 11) is 0. The molecule has 1 aliphatic heterocycles. The van der Waals surface area contributed by atoms with Crippen LogP contribution in [0, 0.1) is 0 Å². The number of hydrogen-bond acceptors (Lipinski definition) is 2.